The molecular weight excluding hydrogens is 356 g/mol. The molecule has 25 heavy (non-hydrogen) atoms. The van der Waals surface area contributed by atoms with Gasteiger partial charge in [0.2, 0.25) is 0 Å². The molecule has 0 saturated heterocycles. The lowest BCUT2D eigenvalue weighted by atomic mass is 10.0. The van der Waals surface area contributed by atoms with E-state index in [1.54, 1.807) is 6.20 Å². The molecule has 0 aliphatic rings. The highest BCUT2D eigenvalue weighted by atomic mass is 35.5. The second-order valence-corrected chi connectivity index (χ2v) is 6.24. The average Bonchev–Trinajstić information content (AvgIpc) is 2.67. The van der Waals surface area contributed by atoms with E-state index in [0.717, 1.165) is 16.8 Å². The lowest BCUT2D eigenvalue weighted by Crippen LogP contribution is -2.14. The van der Waals surface area contributed by atoms with Gasteiger partial charge in [0, 0.05) is 23.2 Å². The molecule has 0 aliphatic carbocycles. The SMILES string of the molecule is CSc1nc(-c2ccc(-c3ccc(CCl)cn3)cc2)c(C#N)c(=O)[nH]1. The molecule has 3 rings (SSSR count). The smallest absolute Gasteiger partial charge is 0.270 e. The lowest BCUT2D eigenvalue weighted by molar-refractivity contribution is 0.937. The first-order valence-electron chi connectivity index (χ1n) is 7.36. The molecular formula is C18H13ClN4OS. The number of aromatic amines is 1. The first-order chi connectivity index (χ1) is 12.2. The first-order valence-corrected chi connectivity index (χ1v) is 9.12. The van der Waals surface area contributed by atoms with E-state index in [9.17, 15) is 10.1 Å². The highest BCUT2D eigenvalue weighted by Crippen LogP contribution is 2.25. The van der Waals surface area contributed by atoms with Crippen molar-refractivity contribution in [3.05, 3.63) is 64.1 Å². The van der Waals surface area contributed by atoms with E-state index in [1.807, 2.05) is 48.7 Å². The summed E-state index contributed by atoms with van der Waals surface area (Å²) in [6.45, 7) is 0. The van der Waals surface area contributed by atoms with Crippen LogP contribution in [0.25, 0.3) is 22.5 Å². The van der Waals surface area contributed by atoms with E-state index in [1.165, 1.54) is 11.8 Å². The number of hydrogen-bond acceptors (Lipinski definition) is 5. The number of hydrogen-bond donors (Lipinski definition) is 1. The predicted octanol–water partition coefficient (Wildman–Crippen LogP) is 3.83. The molecule has 7 heteroatoms. The van der Waals surface area contributed by atoms with Crippen molar-refractivity contribution in [1.29, 1.82) is 5.26 Å². The molecule has 1 N–H and O–H groups in total. The lowest BCUT2D eigenvalue weighted by Gasteiger charge is -2.07. The zero-order chi connectivity index (χ0) is 17.8. The number of benzene rings is 1. The van der Waals surface area contributed by atoms with Crippen LogP contribution in [0.1, 0.15) is 11.1 Å². The van der Waals surface area contributed by atoms with Gasteiger partial charge in [-0.1, -0.05) is 42.1 Å². The maximum atomic E-state index is 12.0. The molecule has 0 atom stereocenters. The maximum absolute atomic E-state index is 12.0. The van der Waals surface area contributed by atoms with E-state index in [-0.39, 0.29) is 5.56 Å². The third-order valence-electron chi connectivity index (χ3n) is 3.64. The monoisotopic (exact) mass is 368 g/mol. The second-order valence-electron chi connectivity index (χ2n) is 5.17. The number of nitrogens with zero attached hydrogens (tertiary/aromatic N) is 3. The summed E-state index contributed by atoms with van der Waals surface area (Å²) in [5.74, 6) is 0.426. The van der Waals surface area contributed by atoms with Gasteiger partial charge in [-0.3, -0.25) is 9.78 Å². The van der Waals surface area contributed by atoms with E-state index in [4.69, 9.17) is 11.6 Å². The Hall–Kier alpha value is -2.62. The van der Waals surface area contributed by atoms with Crippen molar-refractivity contribution in [3.63, 3.8) is 0 Å². The molecule has 5 nitrogen and oxygen atoms in total. The number of nitriles is 1. The molecule has 1 aromatic carbocycles. The van der Waals surface area contributed by atoms with Gasteiger partial charge in [-0.05, 0) is 17.9 Å². The summed E-state index contributed by atoms with van der Waals surface area (Å²) in [5.41, 5.74) is 3.38. The largest absolute Gasteiger partial charge is 0.300 e. The minimum atomic E-state index is -0.431. The van der Waals surface area contributed by atoms with Crippen LogP contribution in [0.2, 0.25) is 0 Å². The Labute approximate surface area is 153 Å². The van der Waals surface area contributed by atoms with Crippen molar-refractivity contribution in [2.75, 3.05) is 6.26 Å². The van der Waals surface area contributed by atoms with Crippen LogP contribution in [-0.2, 0) is 5.88 Å². The van der Waals surface area contributed by atoms with Crippen molar-refractivity contribution < 1.29 is 0 Å². The summed E-state index contributed by atoms with van der Waals surface area (Å²) in [4.78, 5) is 23.4. The van der Waals surface area contributed by atoms with E-state index >= 15 is 0 Å². The van der Waals surface area contributed by atoms with Crippen molar-refractivity contribution >= 4 is 23.4 Å². The first kappa shape index (κ1) is 17.2. The Morgan fingerprint density at radius 2 is 1.92 bits per heavy atom. The van der Waals surface area contributed by atoms with Gasteiger partial charge in [0.05, 0.1) is 11.4 Å². The number of nitrogens with one attached hydrogen (secondary N) is 1. The normalized spacial score (nSPS) is 10.4. The number of alkyl halides is 1. The zero-order valence-corrected chi connectivity index (χ0v) is 14.9. The maximum Gasteiger partial charge on any atom is 0.270 e. The number of rotatable bonds is 4. The predicted molar refractivity (Wildman–Crippen MR) is 99.6 cm³/mol. The van der Waals surface area contributed by atoms with Gasteiger partial charge in [0.15, 0.2) is 5.16 Å². The quantitative estimate of drug-likeness (QED) is 0.430. The van der Waals surface area contributed by atoms with Crippen molar-refractivity contribution in [2.45, 2.75) is 11.0 Å². The fourth-order valence-corrected chi connectivity index (χ4v) is 2.87. The Bertz CT molecular complexity index is 992. The molecule has 3 aromatic rings. The summed E-state index contributed by atoms with van der Waals surface area (Å²) >= 11 is 7.09. The summed E-state index contributed by atoms with van der Waals surface area (Å²) in [6.07, 6.45) is 3.56. The molecule has 0 saturated carbocycles. The standard InChI is InChI=1S/C18H13ClN4OS/c1-25-18-22-16(14(9-20)17(24)23-18)13-5-3-12(4-6-13)15-7-2-11(8-19)10-21-15/h2-7,10H,8H2,1H3,(H,22,23,24). The second kappa shape index (κ2) is 7.51. The molecule has 2 heterocycles. The molecule has 0 aliphatic heterocycles. The van der Waals surface area contributed by atoms with Gasteiger partial charge in [-0.2, -0.15) is 5.26 Å². The topological polar surface area (TPSA) is 82.4 Å². The Morgan fingerprint density at radius 1 is 1.20 bits per heavy atom. The molecule has 0 amide bonds. The number of thioether (sulfide) groups is 1. The minimum absolute atomic E-state index is 0.00939. The Balaban J connectivity index is 2.01. The fourth-order valence-electron chi connectivity index (χ4n) is 2.34. The minimum Gasteiger partial charge on any atom is -0.300 e. The summed E-state index contributed by atoms with van der Waals surface area (Å²) < 4.78 is 0. The van der Waals surface area contributed by atoms with E-state index in [0.29, 0.717) is 22.3 Å². The van der Waals surface area contributed by atoms with Gasteiger partial charge in [0.25, 0.3) is 5.56 Å². The van der Waals surface area contributed by atoms with Crippen molar-refractivity contribution in [2.24, 2.45) is 0 Å². The molecule has 0 unspecified atom stereocenters. The van der Waals surface area contributed by atoms with Crippen LogP contribution in [0.3, 0.4) is 0 Å². The number of H-pyrrole nitrogens is 1. The summed E-state index contributed by atoms with van der Waals surface area (Å²) in [6, 6.07) is 13.2. The van der Waals surface area contributed by atoms with Crippen molar-refractivity contribution in [3.8, 4) is 28.6 Å². The van der Waals surface area contributed by atoms with Crippen LogP contribution in [-0.4, -0.2) is 21.2 Å². The van der Waals surface area contributed by atoms with Gasteiger partial charge in [-0.15, -0.1) is 11.6 Å². The average molecular weight is 369 g/mol. The van der Waals surface area contributed by atoms with Crippen molar-refractivity contribution in [1.82, 2.24) is 15.0 Å². The number of pyridine rings is 1. The highest BCUT2D eigenvalue weighted by Gasteiger charge is 2.13. The Kier molecular flexibility index (Phi) is 5.17. The fraction of sp³-hybridized carbons (Fsp3) is 0.111. The van der Waals surface area contributed by atoms with Crippen LogP contribution >= 0.6 is 23.4 Å². The van der Waals surface area contributed by atoms with Gasteiger partial charge < -0.3 is 4.98 Å². The summed E-state index contributed by atoms with van der Waals surface area (Å²) in [5, 5.41) is 9.74. The summed E-state index contributed by atoms with van der Waals surface area (Å²) in [7, 11) is 0. The van der Waals surface area contributed by atoms with Crippen LogP contribution in [0.4, 0.5) is 0 Å². The zero-order valence-electron chi connectivity index (χ0n) is 13.3. The molecule has 0 bridgehead atoms. The number of halogens is 1. The third kappa shape index (κ3) is 3.58. The molecule has 2 aromatic heterocycles. The van der Waals surface area contributed by atoms with Gasteiger partial charge in [0.1, 0.15) is 11.6 Å². The number of aromatic nitrogens is 3. The highest BCUT2D eigenvalue weighted by molar-refractivity contribution is 7.98. The van der Waals surface area contributed by atoms with E-state index in [2.05, 4.69) is 15.0 Å². The van der Waals surface area contributed by atoms with Gasteiger partial charge in [-0.25, -0.2) is 4.98 Å². The molecule has 0 radical (unpaired) electrons. The van der Waals surface area contributed by atoms with Crippen LogP contribution in [0.15, 0.2) is 52.5 Å². The molecule has 0 spiro atoms. The third-order valence-corrected chi connectivity index (χ3v) is 4.52. The Morgan fingerprint density at radius 3 is 2.48 bits per heavy atom. The van der Waals surface area contributed by atoms with Crippen LogP contribution < -0.4 is 5.56 Å². The van der Waals surface area contributed by atoms with Crippen LogP contribution in [0, 0.1) is 11.3 Å². The molecule has 124 valence electrons. The molecule has 0 fully saturated rings. The van der Waals surface area contributed by atoms with Gasteiger partial charge >= 0.3 is 0 Å². The van der Waals surface area contributed by atoms with Crippen LogP contribution in [0.5, 0.6) is 0 Å². The van der Waals surface area contributed by atoms with E-state index < -0.39 is 5.56 Å².